The highest BCUT2D eigenvalue weighted by molar-refractivity contribution is 8.04. The number of carbonyl (C=O) groups excluding carboxylic acids is 3. The summed E-state index contributed by atoms with van der Waals surface area (Å²) >= 11 is 1.49. The molecule has 5 rings (SSSR count). The lowest BCUT2D eigenvalue weighted by Gasteiger charge is -2.06. The second-order valence-electron chi connectivity index (χ2n) is 9.24. The highest BCUT2D eigenvalue weighted by Gasteiger charge is 2.25. The average molecular weight is 525 g/mol. The Morgan fingerprint density at radius 2 is 1.74 bits per heavy atom. The molecule has 0 bridgehead atoms. The zero-order valence-corrected chi connectivity index (χ0v) is 22.4. The zero-order chi connectivity index (χ0) is 26.8. The molecular weight excluding hydrogens is 496 g/mol. The second-order valence-corrected chi connectivity index (χ2v) is 10.3. The molecule has 6 nitrogen and oxygen atoms in total. The third kappa shape index (κ3) is 4.82. The van der Waals surface area contributed by atoms with E-state index in [4.69, 9.17) is 4.84 Å². The molecule has 0 amide bonds. The minimum Gasteiger partial charge on any atom is -0.341 e. The molecule has 4 aromatic rings. The van der Waals surface area contributed by atoms with Crippen LogP contribution in [0.15, 0.2) is 75.6 Å². The van der Waals surface area contributed by atoms with Gasteiger partial charge in [0.25, 0.3) is 0 Å². The van der Waals surface area contributed by atoms with E-state index in [1.165, 1.54) is 18.7 Å². The van der Waals surface area contributed by atoms with Crippen LogP contribution in [0.4, 0.5) is 0 Å². The number of benzene rings is 3. The lowest BCUT2D eigenvalue weighted by Crippen LogP contribution is -2.15. The van der Waals surface area contributed by atoms with E-state index in [-0.39, 0.29) is 17.3 Å². The van der Waals surface area contributed by atoms with Crippen molar-refractivity contribution in [2.24, 2.45) is 5.16 Å². The number of nitrogens with zero attached hydrogens (tertiary/aromatic N) is 2. The molecule has 0 atom stereocenters. The van der Waals surface area contributed by atoms with Gasteiger partial charge in [-0.05, 0) is 73.9 Å². The van der Waals surface area contributed by atoms with E-state index in [1.54, 1.807) is 6.07 Å². The van der Waals surface area contributed by atoms with Gasteiger partial charge in [-0.2, -0.15) is 0 Å². The zero-order valence-electron chi connectivity index (χ0n) is 21.6. The van der Waals surface area contributed by atoms with Gasteiger partial charge in [-0.25, -0.2) is 4.79 Å². The summed E-state index contributed by atoms with van der Waals surface area (Å²) < 4.78 is 2.21. The molecule has 1 aliphatic rings. The van der Waals surface area contributed by atoms with Gasteiger partial charge in [0.2, 0.25) is 11.6 Å². The number of aromatic nitrogens is 1. The Balaban J connectivity index is 1.57. The van der Waals surface area contributed by atoms with Crippen LogP contribution in [-0.4, -0.2) is 27.8 Å². The summed E-state index contributed by atoms with van der Waals surface area (Å²) in [5, 5.41) is 5.82. The Kier molecular flexibility index (Phi) is 7.29. The fourth-order valence-corrected chi connectivity index (χ4v) is 5.86. The van der Waals surface area contributed by atoms with Crippen LogP contribution in [0.5, 0.6) is 0 Å². The van der Waals surface area contributed by atoms with Crippen molar-refractivity contribution >= 4 is 62.9 Å². The Bertz CT molecular complexity index is 1660. The van der Waals surface area contributed by atoms with Crippen molar-refractivity contribution < 1.29 is 19.2 Å². The molecule has 0 aliphatic carbocycles. The standard InChI is InChI=1S/C31H28N2O4S/c1-4-6-10-25(32-37-19(3)34)30(35)21-13-15-27-24(18-21)23-16-20(12-14-26(23)33(27)5-2)17-29-31(36)22-9-7-8-11-28(22)38-29/h7-9,11-18H,4-6,10H2,1-3H3. The molecule has 3 aromatic carbocycles. The summed E-state index contributed by atoms with van der Waals surface area (Å²) in [6.45, 7) is 6.16. The summed E-state index contributed by atoms with van der Waals surface area (Å²) in [6.07, 6.45) is 4.02. The van der Waals surface area contributed by atoms with Crippen LogP contribution in [0.25, 0.3) is 27.9 Å². The van der Waals surface area contributed by atoms with E-state index >= 15 is 0 Å². The quantitative estimate of drug-likeness (QED) is 0.0787. The summed E-state index contributed by atoms with van der Waals surface area (Å²) in [7, 11) is 0. The maximum atomic E-state index is 13.4. The van der Waals surface area contributed by atoms with Crippen LogP contribution < -0.4 is 0 Å². The van der Waals surface area contributed by atoms with Crippen LogP contribution in [0.2, 0.25) is 0 Å². The molecule has 0 spiro atoms. The average Bonchev–Trinajstić information content (AvgIpc) is 3.41. The Morgan fingerprint density at radius 1 is 1.00 bits per heavy atom. The van der Waals surface area contributed by atoms with Gasteiger partial charge in [-0.1, -0.05) is 48.5 Å². The van der Waals surface area contributed by atoms with E-state index in [0.717, 1.165) is 57.2 Å². The van der Waals surface area contributed by atoms with Crippen molar-refractivity contribution in [3.8, 4) is 0 Å². The molecule has 192 valence electrons. The summed E-state index contributed by atoms with van der Waals surface area (Å²) in [5.41, 5.74) is 4.48. The van der Waals surface area contributed by atoms with Crippen molar-refractivity contribution in [1.82, 2.24) is 4.57 Å². The van der Waals surface area contributed by atoms with Crippen molar-refractivity contribution in [2.75, 3.05) is 0 Å². The van der Waals surface area contributed by atoms with E-state index in [0.29, 0.717) is 16.9 Å². The SMILES string of the molecule is CCCCC(=NOC(C)=O)C(=O)c1ccc2c(c1)c1cc(C=C3Sc4ccccc4C3=O)ccc1n2CC. The number of unbranched alkanes of at least 4 members (excludes halogenated alkanes) is 1. The van der Waals surface area contributed by atoms with Crippen LogP contribution in [0.3, 0.4) is 0 Å². The van der Waals surface area contributed by atoms with E-state index in [9.17, 15) is 14.4 Å². The summed E-state index contributed by atoms with van der Waals surface area (Å²) in [5.74, 6) is -0.763. The molecule has 0 saturated carbocycles. The predicted octanol–water partition coefficient (Wildman–Crippen LogP) is 7.44. The third-order valence-electron chi connectivity index (χ3n) is 6.65. The molecular formula is C31H28N2O4S. The second kappa shape index (κ2) is 10.8. The van der Waals surface area contributed by atoms with Crippen LogP contribution in [0, 0.1) is 0 Å². The van der Waals surface area contributed by atoms with Crippen molar-refractivity contribution in [3.63, 3.8) is 0 Å². The topological polar surface area (TPSA) is 77.7 Å². The summed E-state index contributed by atoms with van der Waals surface area (Å²) in [4.78, 5) is 44.1. The monoisotopic (exact) mass is 524 g/mol. The maximum absolute atomic E-state index is 13.4. The number of hydrogen-bond acceptors (Lipinski definition) is 6. The van der Waals surface area contributed by atoms with Gasteiger partial charge in [0, 0.05) is 51.3 Å². The highest BCUT2D eigenvalue weighted by atomic mass is 32.2. The number of hydrogen-bond donors (Lipinski definition) is 0. The van der Waals surface area contributed by atoms with E-state index in [1.807, 2.05) is 55.5 Å². The number of carbonyl (C=O) groups is 3. The molecule has 0 saturated heterocycles. The fraction of sp³-hybridized carbons (Fsp3) is 0.226. The normalized spacial score (nSPS) is 14.4. The minimum absolute atomic E-state index is 0.0428. The van der Waals surface area contributed by atoms with Crippen LogP contribution in [-0.2, 0) is 16.2 Å². The van der Waals surface area contributed by atoms with Gasteiger partial charge in [-0.15, -0.1) is 0 Å². The maximum Gasteiger partial charge on any atom is 0.331 e. The first-order valence-electron chi connectivity index (χ1n) is 12.8. The first kappa shape index (κ1) is 25.7. The van der Waals surface area contributed by atoms with Gasteiger partial charge in [0.05, 0.1) is 4.91 Å². The lowest BCUT2D eigenvalue weighted by atomic mass is 10.00. The van der Waals surface area contributed by atoms with Gasteiger partial charge >= 0.3 is 5.97 Å². The highest BCUT2D eigenvalue weighted by Crippen LogP contribution is 2.41. The van der Waals surface area contributed by atoms with Gasteiger partial charge in [-0.3, -0.25) is 9.59 Å². The first-order chi connectivity index (χ1) is 18.4. The molecule has 1 aliphatic heterocycles. The molecule has 38 heavy (non-hydrogen) atoms. The number of oxime groups is 1. The molecule has 0 fully saturated rings. The van der Waals surface area contributed by atoms with Gasteiger partial charge in [0.1, 0.15) is 5.71 Å². The van der Waals surface area contributed by atoms with Crippen LogP contribution in [0.1, 0.15) is 66.3 Å². The number of Topliss-reactive ketones (excluding diaryl/α,β-unsaturated/α-hetero) is 2. The number of rotatable bonds is 8. The number of ketones is 2. The molecule has 2 heterocycles. The van der Waals surface area contributed by atoms with Gasteiger partial charge < -0.3 is 9.40 Å². The predicted molar refractivity (Wildman–Crippen MR) is 153 cm³/mol. The molecule has 0 radical (unpaired) electrons. The van der Waals surface area contributed by atoms with Crippen LogP contribution >= 0.6 is 11.8 Å². The molecule has 1 aromatic heterocycles. The van der Waals surface area contributed by atoms with E-state index < -0.39 is 5.97 Å². The van der Waals surface area contributed by atoms with Gasteiger partial charge in [0.15, 0.2) is 0 Å². The largest absolute Gasteiger partial charge is 0.341 e. The van der Waals surface area contributed by atoms with Crippen molar-refractivity contribution in [1.29, 1.82) is 0 Å². The Labute approximate surface area is 225 Å². The molecule has 0 unspecified atom stereocenters. The fourth-order valence-electron chi connectivity index (χ4n) is 4.81. The third-order valence-corrected chi connectivity index (χ3v) is 7.75. The number of allylic oxidation sites excluding steroid dienone is 1. The summed E-state index contributed by atoms with van der Waals surface area (Å²) in [6, 6.07) is 19.5. The lowest BCUT2D eigenvalue weighted by molar-refractivity contribution is -0.140. The Hall–Kier alpha value is -3.97. The van der Waals surface area contributed by atoms with Crippen molar-refractivity contribution in [3.05, 3.63) is 82.3 Å². The van der Waals surface area contributed by atoms with E-state index in [2.05, 4.69) is 28.8 Å². The molecule has 0 N–H and O–H groups in total. The Morgan fingerprint density at radius 3 is 2.45 bits per heavy atom. The van der Waals surface area contributed by atoms with Crippen molar-refractivity contribution in [2.45, 2.75) is 51.5 Å². The number of thioether (sulfide) groups is 1. The number of fused-ring (bicyclic) bond motifs is 4. The molecule has 7 heteroatoms. The number of aryl methyl sites for hydroxylation is 1. The minimum atomic E-state index is -0.558. The first-order valence-corrected chi connectivity index (χ1v) is 13.6. The smallest absolute Gasteiger partial charge is 0.331 e.